The van der Waals surface area contributed by atoms with Crippen LogP contribution in [0, 0.1) is 0 Å². The molecule has 0 saturated heterocycles. The van der Waals surface area contributed by atoms with Gasteiger partial charge in [-0.05, 0) is 33.7 Å². The summed E-state index contributed by atoms with van der Waals surface area (Å²) in [6, 6.07) is 5.96. The number of nitrogens with two attached hydrogens (primary N) is 1. The van der Waals surface area contributed by atoms with E-state index in [2.05, 4.69) is 10.8 Å². The first-order valence-corrected chi connectivity index (χ1v) is 6.51. The fraction of sp³-hybridized carbons (Fsp3) is 0. The van der Waals surface area contributed by atoms with E-state index in [9.17, 15) is 0 Å². The summed E-state index contributed by atoms with van der Waals surface area (Å²) in [5.74, 6) is 0. The second kappa shape index (κ2) is 5.84. The van der Waals surface area contributed by atoms with Crippen LogP contribution in [0.5, 0.6) is 0 Å². The van der Waals surface area contributed by atoms with Crippen LogP contribution in [0.1, 0.15) is 0 Å². The number of hydrogen-bond acceptors (Lipinski definition) is 3. The summed E-state index contributed by atoms with van der Waals surface area (Å²) in [7, 11) is 0. The van der Waals surface area contributed by atoms with Gasteiger partial charge < -0.3 is 5.73 Å². The third-order valence-electron chi connectivity index (χ3n) is 1.50. The summed E-state index contributed by atoms with van der Waals surface area (Å²) < 4.78 is -0.646. The molecule has 3 N–H and O–H groups in total. The molecule has 1 heterocycles. The van der Waals surface area contributed by atoms with Gasteiger partial charge in [0.1, 0.15) is 0 Å². The Kier molecular flexibility index (Phi) is 5.07. The van der Waals surface area contributed by atoms with Crippen LogP contribution in [0.25, 0.3) is 10.8 Å². The third-order valence-corrected chi connectivity index (χ3v) is 2.28. The number of anilines is 1. The van der Waals surface area contributed by atoms with Gasteiger partial charge >= 0.3 is 58.9 Å². The zero-order valence-electron chi connectivity index (χ0n) is 7.73. The Bertz CT molecular complexity index is 437. The number of nitrogen functional groups attached to an aromatic ring is 1. The molecular formula is C9H8KNO2S. The van der Waals surface area contributed by atoms with Crippen molar-refractivity contribution < 1.29 is 9.90 Å². The molecule has 2 rings (SSSR count). The van der Waals surface area contributed by atoms with Gasteiger partial charge in [0.05, 0.1) is 0 Å². The number of fused-ring (bicyclic) bond motifs is 1. The van der Waals surface area contributed by atoms with E-state index >= 15 is 0 Å². The van der Waals surface area contributed by atoms with Crippen molar-refractivity contribution >= 4 is 76.8 Å². The molecule has 1 aromatic carbocycles. The summed E-state index contributed by atoms with van der Waals surface area (Å²) in [5.41, 5.74) is 6.43. The van der Waals surface area contributed by atoms with Crippen molar-refractivity contribution in [3.8, 4) is 0 Å². The molecule has 2 aromatic rings. The molecule has 0 fully saturated rings. The Hall–Kier alpha value is 0.0864. The van der Waals surface area contributed by atoms with Crippen LogP contribution in [0.15, 0.2) is 29.0 Å². The number of rotatable bonds is 0. The summed E-state index contributed by atoms with van der Waals surface area (Å²) in [6.07, 6.45) is 0. The zero-order valence-corrected chi connectivity index (χ0v) is 11.7. The van der Waals surface area contributed by atoms with Gasteiger partial charge in [0, 0.05) is 5.69 Å². The third kappa shape index (κ3) is 4.08. The van der Waals surface area contributed by atoms with Crippen molar-refractivity contribution in [1.29, 1.82) is 0 Å². The number of thiophene rings is 1. The Morgan fingerprint density at radius 1 is 1.36 bits per heavy atom. The molecule has 1 aromatic heterocycles. The molecule has 0 radical (unpaired) electrons. The molecule has 0 aliphatic carbocycles. The van der Waals surface area contributed by atoms with Crippen molar-refractivity contribution in [2.75, 3.05) is 5.73 Å². The maximum atomic E-state index is 9.08. The van der Waals surface area contributed by atoms with Gasteiger partial charge in [0.2, 0.25) is 0 Å². The SMILES string of the molecule is Nc1ccc2cscc2c1.O=[C](O)[K]. The molecule has 0 aliphatic heterocycles. The van der Waals surface area contributed by atoms with Crippen LogP contribution in [-0.2, 0) is 0 Å². The van der Waals surface area contributed by atoms with Gasteiger partial charge in [0.25, 0.3) is 0 Å². The quantitative estimate of drug-likeness (QED) is 0.542. The monoisotopic (exact) mass is 233 g/mol. The molecule has 0 aliphatic rings. The predicted molar refractivity (Wildman–Crippen MR) is 60.0 cm³/mol. The summed E-state index contributed by atoms with van der Waals surface area (Å²) in [6.45, 7) is 0. The van der Waals surface area contributed by atoms with E-state index in [0.29, 0.717) is 0 Å². The maximum absolute atomic E-state index is 9.08. The minimum atomic E-state index is -0.646. The van der Waals surface area contributed by atoms with Crippen molar-refractivity contribution in [1.82, 2.24) is 0 Å². The second-order valence-electron chi connectivity index (χ2n) is 2.78. The van der Waals surface area contributed by atoms with Gasteiger partial charge in [-0.15, -0.1) is 0 Å². The van der Waals surface area contributed by atoms with E-state index in [4.69, 9.17) is 15.6 Å². The number of hydrogen-bond donors (Lipinski definition) is 2. The van der Waals surface area contributed by atoms with Crippen LogP contribution in [0.3, 0.4) is 0 Å². The molecule has 14 heavy (non-hydrogen) atoms. The van der Waals surface area contributed by atoms with Gasteiger partial charge in [-0.3, -0.25) is 0 Å². The van der Waals surface area contributed by atoms with Crippen LogP contribution < -0.4 is 5.73 Å². The molecule has 5 heteroatoms. The summed E-state index contributed by atoms with van der Waals surface area (Å²) in [4.78, 5) is 9.08. The summed E-state index contributed by atoms with van der Waals surface area (Å²) in [5, 5.41) is 14.2. The molecule has 0 unspecified atom stereocenters. The molecule has 0 bridgehead atoms. The van der Waals surface area contributed by atoms with Crippen LogP contribution >= 0.6 is 11.3 Å². The molecule has 0 atom stereocenters. The second-order valence-corrected chi connectivity index (χ2v) is 4.86. The fourth-order valence-electron chi connectivity index (χ4n) is 0.983. The van der Waals surface area contributed by atoms with Crippen molar-refractivity contribution in [2.45, 2.75) is 0 Å². The topological polar surface area (TPSA) is 63.3 Å². The van der Waals surface area contributed by atoms with Gasteiger partial charge in [-0.25, -0.2) is 0 Å². The van der Waals surface area contributed by atoms with E-state index in [1.807, 2.05) is 18.2 Å². The van der Waals surface area contributed by atoms with Crippen LogP contribution in [0.2, 0.25) is 0 Å². The van der Waals surface area contributed by atoms with Crippen molar-refractivity contribution in [3.05, 3.63) is 29.0 Å². The van der Waals surface area contributed by atoms with Gasteiger partial charge in [-0.1, -0.05) is 6.07 Å². The van der Waals surface area contributed by atoms with Crippen LogP contribution in [-0.4, -0.2) is 54.1 Å². The first kappa shape index (κ1) is 12.2. The van der Waals surface area contributed by atoms with Gasteiger partial charge in [-0.2, -0.15) is 11.3 Å². The van der Waals surface area contributed by atoms with E-state index in [-0.39, 0.29) is 49.0 Å². The average Bonchev–Trinajstić information content (AvgIpc) is 2.49. The first-order valence-electron chi connectivity index (χ1n) is 4.00. The van der Waals surface area contributed by atoms with E-state index in [1.165, 1.54) is 10.8 Å². The molecule has 0 spiro atoms. The van der Waals surface area contributed by atoms with E-state index in [0.717, 1.165) is 5.69 Å². The molecule has 0 amide bonds. The van der Waals surface area contributed by atoms with Crippen molar-refractivity contribution in [3.63, 3.8) is 0 Å². The molecule has 0 saturated carbocycles. The Morgan fingerprint density at radius 3 is 2.57 bits per heavy atom. The Balaban J connectivity index is 0.000000213. The van der Waals surface area contributed by atoms with E-state index in [1.54, 1.807) is 11.3 Å². The standard InChI is InChI=1S/C8H7NS.CHO2.K/c9-8-2-1-6-4-10-5-7(6)3-8;2-1-3;/h1-5H,9H2;(H,2,3);. The summed E-state index contributed by atoms with van der Waals surface area (Å²) >= 11 is 1.69. The molecule has 68 valence electrons. The van der Waals surface area contributed by atoms with E-state index < -0.39 is 0.0639 Å². The van der Waals surface area contributed by atoms with Gasteiger partial charge in [0.15, 0.2) is 0 Å². The predicted octanol–water partition coefficient (Wildman–Crippen LogP) is 2.32. The number of benzene rings is 1. The number of carboxylic acid groups (broad SMARTS) is 1. The fourth-order valence-corrected chi connectivity index (χ4v) is 1.76. The zero-order chi connectivity index (χ0) is 10.6. The molecule has 3 nitrogen and oxygen atoms in total. The van der Waals surface area contributed by atoms with Crippen LogP contribution in [0.4, 0.5) is 10.5 Å². The number of carbonyl (C=O) groups is 1. The minimum absolute atomic E-state index is 0.0208. The Labute approximate surface area is 120 Å². The Morgan fingerprint density at radius 2 is 1.93 bits per heavy atom. The average molecular weight is 233 g/mol. The normalized spacial score (nSPS) is 9.29. The molecular weight excluding hydrogens is 225 g/mol. The first-order chi connectivity index (χ1) is 6.59. The van der Waals surface area contributed by atoms with Crippen molar-refractivity contribution in [2.24, 2.45) is 0 Å².